The Hall–Kier alpha value is -4.01. The number of carbonyl (C=O) groups is 3. The van der Waals surface area contributed by atoms with Crippen molar-refractivity contribution in [2.75, 3.05) is 26.7 Å². The van der Waals surface area contributed by atoms with E-state index >= 15 is 0 Å². The molecule has 1 saturated heterocycles. The molecule has 0 unspecified atom stereocenters. The fraction of sp³-hybridized carbons (Fsp3) is 0.382. The molecule has 0 aromatic heterocycles. The van der Waals surface area contributed by atoms with Crippen LogP contribution >= 0.6 is 0 Å². The lowest BCUT2D eigenvalue weighted by atomic mass is 10.00. The van der Waals surface area contributed by atoms with Crippen molar-refractivity contribution in [2.24, 2.45) is 5.73 Å². The third-order valence-electron chi connectivity index (χ3n) is 7.13. The summed E-state index contributed by atoms with van der Waals surface area (Å²) in [5, 5.41) is 14.9. The van der Waals surface area contributed by atoms with E-state index in [4.69, 9.17) is 5.73 Å². The Morgan fingerprint density at radius 1 is 1.05 bits per heavy atom. The first-order chi connectivity index (χ1) is 20.0. The van der Waals surface area contributed by atoms with Crippen LogP contribution in [-0.4, -0.2) is 77.0 Å². The van der Waals surface area contributed by atoms with Crippen molar-refractivity contribution in [1.29, 1.82) is 0 Å². The van der Waals surface area contributed by atoms with E-state index in [1.54, 1.807) is 6.08 Å². The van der Waals surface area contributed by atoms with Gasteiger partial charge in [-0.05, 0) is 54.7 Å². The lowest BCUT2D eigenvalue weighted by Gasteiger charge is -2.39. The number of fused-ring (bicyclic) bond motifs is 1. The van der Waals surface area contributed by atoms with Gasteiger partial charge in [0.1, 0.15) is 6.04 Å². The van der Waals surface area contributed by atoms with Crippen LogP contribution in [0.5, 0.6) is 0 Å². The summed E-state index contributed by atoms with van der Waals surface area (Å²) >= 11 is 0. The summed E-state index contributed by atoms with van der Waals surface area (Å²) in [6, 6.07) is 23.3. The minimum atomic E-state index is -0.695. The maximum Gasteiger partial charge on any atom is 0.246 e. The molecule has 4 N–H and O–H groups in total. The molecule has 1 aliphatic rings. The van der Waals surface area contributed by atoms with E-state index < -0.39 is 17.6 Å². The van der Waals surface area contributed by atoms with Crippen molar-refractivity contribution in [1.82, 2.24) is 15.1 Å². The zero-order valence-corrected chi connectivity index (χ0v) is 25.1. The van der Waals surface area contributed by atoms with E-state index in [0.29, 0.717) is 12.8 Å². The minimum absolute atomic E-state index is 0.161. The monoisotopic (exact) mass is 572 g/mol. The molecule has 0 saturated carbocycles. The van der Waals surface area contributed by atoms with Crippen molar-refractivity contribution in [3.63, 3.8) is 0 Å². The second-order valence-corrected chi connectivity index (χ2v) is 11.5. The Morgan fingerprint density at radius 3 is 2.36 bits per heavy atom. The fourth-order valence-corrected chi connectivity index (χ4v) is 4.69. The first-order valence-corrected chi connectivity index (χ1v) is 14.4. The predicted molar refractivity (Wildman–Crippen MR) is 168 cm³/mol. The molecule has 1 heterocycles. The van der Waals surface area contributed by atoms with Crippen molar-refractivity contribution in [2.45, 2.75) is 57.7 Å². The van der Waals surface area contributed by atoms with Gasteiger partial charge in [-0.25, -0.2) is 0 Å². The van der Waals surface area contributed by atoms with Gasteiger partial charge in [-0.15, -0.1) is 0 Å². The van der Waals surface area contributed by atoms with Crippen LogP contribution in [0.4, 0.5) is 0 Å². The molecule has 1 fully saturated rings. The topological polar surface area (TPSA) is 116 Å². The van der Waals surface area contributed by atoms with Crippen LogP contribution in [0.25, 0.3) is 10.8 Å². The molecule has 4 rings (SSSR count). The smallest absolute Gasteiger partial charge is 0.246 e. The summed E-state index contributed by atoms with van der Waals surface area (Å²) in [6.45, 7) is 5.68. The van der Waals surface area contributed by atoms with E-state index in [1.807, 2.05) is 44.2 Å². The molecule has 8 nitrogen and oxygen atoms in total. The molecular weight excluding hydrogens is 528 g/mol. The van der Waals surface area contributed by atoms with Gasteiger partial charge >= 0.3 is 0 Å². The first-order valence-electron chi connectivity index (χ1n) is 14.4. The number of nitrogens with two attached hydrogens (primary N) is 1. The molecular formula is C34H44N4O4. The molecule has 2 atom stereocenters. The van der Waals surface area contributed by atoms with E-state index in [9.17, 15) is 19.5 Å². The van der Waals surface area contributed by atoms with Gasteiger partial charge in [0.05, 0.1) is 19.2 Å². The molecule has 0 spiro atoms. The molecule has 3 aromatic carbocycles. The standard InChI is InChI=1S/C22H32N4O4.C12H12/c1-22(2,23)11-7-10-19(28)25(3)14-20(29)26-13-17(15-27)24-21(30)18(26)12-16-8-5-4-6-9-16;1-2-10-7-8-11-5-3-4-6-12(11)9-10/h4-10,17-18,27H,11-15,23H2,1-3H3,(H,24,30);3-9H,2H2,1H3/b10-7+;/t17-,18-;/m1./s1. The number of carbonyl (C=O) groups excluding carboxylic acids is 3. The van der Waals surface area contributed by atoms with Gasteiger partial charge in [0.2, 0.25) is 17.7 Å². The normalized spacial score (nSPS) is 17.0. The third-order valence-corrected chi connectivity index (χ3v) is 7.13. The molecule has 0 radical (unpaired) electrons. The second kappa shape index (κ2) is 15.3. The lowest BCUT2D eigenvalue weighted by Crippen LogP contribution is -2.64. The van der Waals surface area contributed by atoms with Gasteiger partial charge in [0.15, 0.2) is 0 Å². The maximum absolute atomic E-state index is 13.0. The molecule has 3 aromatic rings. The van der Waals surface area contributed by atoms with Crippen molar-refractivity contribution in [3.05, 3.63) is 96.1 Å². The number of amides is 3. The number of hydrogen-bond donors (Lipinski definition) is 3. The summed E-state index contributed by atoms with van der Waals surface area (Å²) in [7, 11) is 1.54. The summed E-state index contributed by atoms with van der Waals surface area (Å²) in [4.78, 5) is 40.7. The molecule has 8 heteroatoms. The lowest BCUT2D eigenvalue weighted by molar-refractivity contribution is -0.147. The SMILES string of the molecule is CCc1ccc2ccccc2c1.CN(CC(=O)N1C[C@H](CO)NC(=O)[C@H]1Cc1ccccc1)C(=O)/C=C/CC(C)(C)N. The number of aryl methyl sites for hydroxylation is 1. The predicted octanol–water partition coefficient (Wildman–Crippen LogP) is 3.46. The number of aliphatic hydroxyl groups excluding tert-OH is 1. The Morgan fingerprint density at radius 2 is 1.71 bits per heavy atom. The highest BCUT2D eigenvalue weighted by Crippen LogP contribution is 2.17. The highest BCUT2D eigenvalue weighted by atomic mass is 16.3. The van der Waals surface area contributed by atoms with Crippen LogP contribution in [0.15, 0.2) is 84.9 Å². The van der Waals surface area contributed by atoms with Crippen LogP contribution in [-0.2, 0) is 27.2 Å². The number of nitrogens with one attached hydrogen (secondary N) is 1. The van der Waals surface area contributed by atoms with E-state index in [2.05, 4.69) is 54.7 Å². The van der Waals surface area contributed by atoms with Crippen LogP contribution in [0.3, 0.4) is 0 Å². The molecule has 3 amide bonds. The van der Waals surface area contributed by atoms with Gasteiger partial charge in [0.25, 0.3) is 0 Å². The number of piperazine rings is 1. The number of aliphatic hydroxyl groups is 1. The van der Waals surface area contributed by atoms with Gasteiger partial charge < -0.3 is 26.0 Å². The van der Waals surface area contributed by atoms with Crippen LogP contribution in [0, 0.1) is 0 Å². The minimum Gasteiger partial charge on any atom is -0.394 e. The average Bonchev–Trinajstić information content (AvgIpc) is 2.97. The highest BCUT2D eigenvalue weighted by Gasteiger charge is 2.37. The third kappa shape index (κ3) is 9.82. The number of likely N-dealkylation sites (N-methyl/N-ethyl adjacent to an activating group) is 1. The molecule has 42 heavy (non-hydrogen) atoms. The Balaban J connectivity index is 0.000000332. The summed E-state index contributed by atoms with van der Waals surface area (Å²) in [5.74, 6) is -0.962. The Bertz CT molecular complexity index is 1370. The van der Waals surface area contributed by atoms with E-state index in [1.165, 1.54) is 39.3 Å². The summed E-state index contributed by atoms with van der Waals surface area (Å²) in [5.41, 5.74) is 7.81. The number of nitrogens with zero attached hydrogens (tertiary/aromatic N) is 2. The molecule has 1 aliphatic heterocycles. The van der Waals surface area contributed by atoms with E-state index in [0.717, 1.165) is 12.0 Å². The van der Waals surface area contributed by atoms with Crippen LogP contribution < -0.4 is 11.1 Å². The van der Waals surface area contributed by atoms with Crippen LogP contribution in [0.2, 0.25) is 0 Å². The highest BCUT2D eigenvalue weighted by molar-refractivity contribution is 5.93. The molecule has 0 aliphatic carbocycles. The van der Waals surface area contributed by atoms with Gasteiger partial charge in [-0.2, -0.15) is 0 Å². The van der Waals surface area contributed by atoms with Crippen molar-refractivity contribution < 1.29 is 19.5 Å². The zero-order valence-electron chi connectivity index (χ0n) is 25.1. The van der Waals surface area contributed by atoms with Gasteiger partial charge in [-0.1, -0.05) is 85.8 Å². The quantitative estimate of drug-likeness (QED) is 0.340. The zero-order chi connectivity index (χ0) is 30.7. The van der Waals surface area contributed by atoms with Crippen LogP contribution in [0.1, 0.15) is 38.3 Å². The molecule has 224 valence electrons. The first kappa shape index (κ1) is 32.5. The number of hydrogen-bond acceptors (Lipinski definition) is 5. The average molecular weight is 573 g/mol. The summed E-state index contributed by atoms with van der Waals surface area (Å²) < 4.78 is 0. The second-order valence-electron chi connectivity index (χ2n) is 11.5. The van der Waals surface area contributed by atoms with E-state index in [-0.39, 0.29) is 37.4 Å². The summed E-state index contributed by atoms with van der Waals surface area (Å²) in [6.07, 6.45) is 5.11. The number of benzene rings is 3. The van der Waals surface area contributed by atoms with Crippen molar-refractivity contribution in [3.8, 4) is 0 Å². The maximum atomic E-state index is 13.0. The van der Waals surface area contributed by atoms with Crippen molar-refractivity contribution >= 4 is 28.5 Å². The van der Waals surface area contributed by atoms with Gasteiger partial charge in [-0.3, -0.25) is 14.4 Å². The largest absolute Gasteiger partial charge is 0.394 e. The Labute approximate surface area is 249 Å². The fourth-order valence-electron chi connectivity index (χ4n) is 4.69. The molecule has 0 bridgehead atoms. The van der Waals surface area contributed by atoms with Gasteiger partial charge in [0, 0.05) is 25.6 Å². The number of rotatable bonds is 9. The Kier molecular flexibility index (Phi) is 11.8.